The molecular weight excluding hydrogens is 203 g/mol. The van der Waals surface area contributed by atoms with E-state index in [0.717, 1.165) is 0 Å². The third-order valence-corrected chi connectivity index (χ3v) is 1.33. The van der Waals surface area contributed by atoms with Gasteiger partial charge >= 0.3 is 11.9 Å². The molecular formula is C10H15FO4. The first kappa shape index (κ1) is 13.6. The Kier molecular flexibility index (Phi) is 7.23. The second kappa shape index (κ2) is 7.96. The van der Waals surface area contributed by atoms with E-state index < -0.39 is 17.8 Å². The van der Waals surface area contributed by atoms with Crippen LogP contribution in [0.1, 0.15) is 26.7 Å². The minimum Gasteiger partial charge on any atom is -0.462 e. The van der Waals surface area contributed by atoms with Crippen molar-refractivity contribution < 1.29 is 23.5 Å². The summed E-state index contributed by atoms with van der Waals surface area (Å²) in [7, 11) is 0. The molecule has 0 saturated carbocycles. The Labute approximate surface area is 88.0 Å². The van der Waals surface area contributed by atoms with Gasteiger partial charge < -0.3 is 9.47 Å². The standard InChI is InChI=1S/C10H15FO4/c1-3-5-14-9(12)7-8(11)10(13)15-6-4-2/h7H,3-6H2,1-2H3/b8-7+. The lowest BCUT2D eigenvalue weighted by molar-refractivity contribution is -0.142. The van der Waals surface area contributed by atoms with Crippen molar-refractivity contribution in [3.63, 3.8) is 0 Å². The van der Waals surface area contributed by atoms with Gasteiger partial charge in [-0.25, -0.2) is 9.59 Å². The van der Waals surface area contributed by atoms with Gasteiger partial charge in [0.2, 0.25) is 5.83 Å². The maximum Gasteiger partial charge on any atom is 0.367 e. The average molecular weight is 218 g/mol. The van der Waals surface area contributed by atoms with E-state index in [2.05, 4.69) is 9.47 Å². The first-order valence-corrected chi connectivity index (χ1v) is 4.82. The molecule has 0 aromatic rings. The van der Waals surface area contributed by atoms with E-state index in [9.17, 15) is 14.0 Å². The molecule has 0 aromatic carbocycles. The van der Waals surface area contributed by atoms with Crippen LogP contribution in [-0.2, 0) is 19.1 Å². The van der Waals surface area contributed by atoms with Crippen LogP contribution in [0, 0.1) is 0 Å². The molecule has 0 bridgehead atoms. The Morgan fingerprint density at radius 3 is 2.20 bits per heavy atom. The summed E-state index contributed by atoms with van der Waals surface area (Å²) >= 11 is 0. The molecule has 0 atom stereocenters. The highest BCUT2D eigenvalue weighted by atomic mass is 19.1. The lowest BCUT2D eigenvalue weighted by Gasteiger charge is -2.00. The smallest absolute Gasteiger partial charge is 0.367 e. The van der Waals surface area contributed by atoms with Crippen molar-refractivity contribution in [2.45, 2.75) is 26.7 Å². The maximum absolute atomic E-state index is 12.9. The van der Waals surface area contributed by atoms with Crippen LogP contribution in [0.4, 0.5) is 4.39 Å². The molecule has 0 aliphatic heterocycles. The van der Waals surface area contributed by atoms with Gasteiger partial charge in [-0.05, 0) is 12.8 Å². The molecule has 0 heterocycles. The Morgan fingerprint density at radius 2 is 1.67 bits per heavy atom. The van der Waals surface area contributed by atoms with Crippen molar-refractivity contribution in [2.75, 3.05) is 13.2 Å². The average Bonchev–Trinajstić information content (AvgIpc) is 2.22. The van der Waals surface area contributed by atoms with Gasteiger partial charge in [0.1, 0.15) is 0 Å². The minimum absolute atomic E-state index is 0.129. The van der Waals surface area contributed by atoms with Gasteiger partial charge in [-0.1, -0.05) is 13.8 Å². The van der Waals surface area contributed by atoms with Crippen molar-refractivity contribution in [3.8, 4) is 0 Å². The summed E-state index contributed by atoms with van der Waals surface area (Å²) in [5.41, 5.74) is 0. The Balaban J connectivity index is 4.05. The number of carbonyl (C=O) groups excluding carboxylic acids is 2. The lowest BCUT2D eigenvalue weighted by Crippen LogP contribution is -2.09. The highest BCUT2D eigenvalue weighted by molar-refractivity contribution is 5.94. The monoisotopic (exact) mass is 218 g/mol. The zero-order valence-electron chi connectivity index (χ0n) is 8.92. The van der Waals surface area contributed by atoms with Gasteiger partial charge in [0.05, 0.1) is 19.3 Å². The normalized spacial score (nSPS) is 11.0. The SMILES string of the molecule is CCCOC(=O)/C=C(/F)C(=O)OCCC. The van der Waals surface area contributed by atoms with E-state index in [1.807, 2.05) is 6.92 Å². The second-order valence-corrected chi connectivity index (χ2v) is 2.80. The number of ether oxygens (including phenoxy) is 2. The van der Waals surface area contributed by atoms with Gasteiger partial charge in [0, 0.05) is 0 Å². The predicted octanol–water partition coefficient (Wildman–Crippen LogP) is 1.75. The van der Waals surface area contributed by atoms with Gasteiger partial charge in [-0.15, -0.1) is 0 Å². The molecule has 4 nitrogen and oxygen atoms in total. The molecule has 0 aromatic heterocycles. The Bertz CT molecular complexity index is 248. The molecule has 0 rings (SSSR count). The quantitative estimate of drug-likeness (QED) is 0.503. The molecule has 0 radical (unpaired) electrons. The number of hydrogen-bond acceptors (Lipinski definition) is 4. The van der Waals surface area contributed by atoms with Crippen molar-refractivity contribution in [1.82, 2.24) is 0 Å². The van der Waals surface area contributed by atoms with E-state index in [-0.39, 0.29) is 13.2 Å². The van der Waals surface area contributed by atoms with Crippen LogP contribution in [0.2, 0.25) is 0 Å². The summed E-state index contributed by atoms with van der Waals surface area (Å²) in [5, 5.41) is 0. The minimum atomic E-state index is -1.23. The summed E-state index contributed by atoms with van der Waals surface area (Å²) in [6, 6.07) is 0. The number of halogens is 1. The second-order valence-electron chi connectivity index (χ2n) is 2.80. The van der Waals surface area contributed by atoms with Gasteiger partial charge in [0.15, 0.2) is 0 Å². The largest absolute Gasteiger partial charge is 0.462 e. The van der Waals surface area contributed by atoms with Crippen molar-refractivity contribution in [3.05, 3.63) is 11.9 Å². The number of hydrogen-bond donors (Lipinski definition) is 0. The van der Waals surface area contributed by atoms with E-state index in [4.69, 9.17) is 0 Å². The zero-order chi connectivity index (χ0) is 11.7. The van der Waals surface area contributed by atoms with Crippen molar-refractivity contribution in [2.24, 2.45) is 0 Å². The van der Waals surface area contributed by atoms with E-state index in [1.165, 1.54) is 0 Å². The van der Waals surface area contributed by atoms with Gasteiger partial charge in [-0.2, -0.15) is 4.39 Å². The summed E-state index contributed by atoms with van der Waals surface area (Å²) < 4.78 is 21.9. The number of esters is 2. The lowest BCUT2D eigenvalue weighted by atomic mass is 10.4. The molecule has 0 unspecified atom stereocenters. The third-order valence-electron chi connectivity index (χ3n) is 1.33. The fourth-order valence-electron chi connectivity index (χ4n) is 0.670. The molecule has 0 aliphatic rings. The van der Waals surface area contributed by atoms with Gasteiger partial charge in [-0.3, -0.25) is 0 Å². The molecule has 15 heavy (non-hydrogen) atoms. The Morgan fingerprint density at radius 1 is 1.13 bits per heavy atom. The summed E-state index contributed by atoms with van der Waals surface area (Å²) in [5.74, 6) is -3.24. The van der Waals surface area contributed by atoms with Crippen molar-refractivity contribution in [1.29, 1.82) is 0 Å². The third kappa shape index (κ3) is 6.65. The Hall–Kier alpha value is -1.39. The molecule has 0 fully saturated rings. The molecule has 0 spiro atoms. The summed E-state index contributed by atoms with van der Waals surface area (Å²) in [6.45, 7) is 3.92. The fraction of sp³-hybridized carbons (Fsp3) is 0.600. The highest BCUT2D eigenvalue weighted by Gasteiger charge is 2.12. The molecule has 0 N–H and O–H groups in total. The summed E-state index contributed by atoms with van der Waals surface area (Å²) in [6.07, 6.45) is 1.73. The van der Waals surface area contributed by atoms with Crippen LogP contribution in [0.5, 0.6) is 0 Å². The maximum atomic E-state index is 12.9. The van der Waals surface area contributed by atoms with E-state index >= 15 is 0 Å². The van der Waals surface area contributed by atoms with Crippen LogP contribution < -0.4 is 0 Å². The van der Waals surface area contributed by atoms with E-state index in [1.54, 1.807) is 6.92 Å². The molecule has 0 amide bonds. The fourth-order valence-corrected chi connectivity index (χ4v) is 0.670. The topological polar surface area (TPSA) is 52.6 Å². The predicted molar refractivity (Wildman–Crippen MR) is 51.7 cm³/mol. The van der Waals surface area contributed by atoms with Crippen LogP contribution in [0.25, 0.3) is 0 Å². The molecule has 5 heteroatoms. The van der Waals surface area contributed by atoms with Crippen molar-refractivity contribution >= 4 is 11.9 Å². The zero-order valence-corrected chi connectivity index (χ0v) is 8.92. The van der Waals surface area contributed by atoms with E-state index in [0.29, 0.717) is 18.9 Å². The van der Waals surface area contributed by atoms with Gasteiger partial charge in [0.25, 0.3) is 0 Å². The number of carbonyl (C=O) groups is 2. The molecule has 86 valence electrons. The van der Waals surface area contributed by atoms with Crippen LogP contribution in [-0.4, -0.2) is 25.2 Å². The molecule has 0 aliphatic carbocycles. The van der Waals surface area contributed by atoms with Crippen LogP contribution in [0.3, 0.4) is 0 Å². The first-order valence-electron chi connectivity index (χ1n) is 4.82. The van der Waals surface area contributed by atoms with Crippen LogP contribution >= 0.6 is 0 Å². The molecule has 0 saturated heterocycles. The highest BCUT2D eigenvalue weighted by Crippen LogP contribution is 2.01. The number of rotatable bonds is 6. The first-order chi connectivity index (χ1) is 7.11. The summed E-state index contributed by atoms with van der Waals surface area (Å²) in [4.78, 5) is 21.7. The van der Waals surface area contributed by atoms with Crippen LogP contribution in [0.15, 0.2) is 11.9 Å².